The highest BCUT2D eigenvalue weighted by Crippen LogP contribution is 2.13. The number of methoxy groups -OCH3 is 1. The molecule has 0 atom stereocenters. The minimum atomic E-state index is 0.0613. The Bertz CT molecular complexity index is 362. The van der Waals surface area contributed by atoms with Crippen LogP contribution >= 0.6 is 0 Å². The van der Waals surface area contributed by atoms with Crippen LogP contribution in [0, 0.1) is 0 Å². The molecule has 18 heavy (non-hydrogen) atoms. The third-order valence-corrected chi connectivity index (χ3v) is 2.82. The summed E-state index contributed by atoms with van der Waals surface area (Å²) in [7, 11) is 1.63. The van der Waals surface area contributed by atoms with Crippen molar-refractivity contribution >= 4 is 5.91 Å². The maximum atomic E-state index is 11.9. The van der Waals surface area contributed by atoms with Gasteiger partial charge in [-0.2, -0.15) is 0 Å². The van der Waals surface area contributed by atoms with Crippen molar-refractivity contribution in [3.05, 3.63) is 29.8 Å². The van der Waals surface area contributed by atoms with Crippen LogP contribution in [0.1, 0.15) is 25.3 Å². The Labute approximate surface area is 108 Å². The Balaban J connectivity index is 2.58. The average molecular weight is 251 g/mol. The van der Waals surface area contributed by atoms with Crippen molar-refractivity contribution in [1.29, 1.82) is 0 Å². The standard InChI is InChI=1S/C14H21NO3/c1-3-15(14(17)5-4-10-16)11-12-6-8-13(18-2)9-7-12/h6-9,16H,3-5,10-11H2,1-2H3. The summed E-state index contributed by atoms with van der Waals surface area (Å²) in [6.07, 6.45) is 0.929. The molecule has 0 saturated carbocycles. The van der Waals surface area contributed by atoms with E-state index in [0.29, 0.717) is 25.9 Å². The van der Waals surface area contributed by atoms with Gasteiger partial charge in [0.2, 0.25) is 5.91 Å². The normalized spacial score (nSPS) is 10.2. The van der Waals surface area contributed by atoms with Gasteiger partial charge in [0.1, 0.15) is 5.75 Å². The van der Waals surface area contributed by atoms with Crippen molar-refractivity contribution in [2.45, 2.75) is 26.3 Å². The number of amides is 1. The third-order valence-electron chi connectivity index (χ3n) is 2.82. The van der Waals surface area contributed by atoms with Gasteiger partial charge in [0.05, 0.1) is 7.11 Å². The summed E-state index contributed by atoms with van der Waals surface area (Å²) < 4.78 is 5.09. The molecule has 0 fully saturated rings. The minimum Gasteiger partial charge on any atom is -0.497 e. The number of hydrogen-bond acceptors (Lipinski definition) is 3. The molecule has 1 N–H and O–H groups in total. The summed E-state index contributed by atoms with van der Waals surface area (Å²) in [5, 5.41) is 8.73. The number of hydrogen-bond donors (Lipinski definition) is 1. The van der Waals surface area contributed by atoms with E-state index < -0.39 is 0 Å². The lowest BCUT2D eigenvalue weighted by Gasteiger charge is -2.21. The summed E-state index contributed by atoms with van der Waals surface area (Å²) >= 11 is 0. The molecule has 0 aliphatic rings. The highest BCUT2D eigenvalue weighted by molar-refractivity contribution is 5.76. The number of aliphatic hydroxyl groups is 1. The first-order valence-electron chi connectivity index (χ1n) is 6.22. The maximum absolute atomic E-state index is 11.9. The first kappa shape index (κ1) is 14.5. The second-order valence-electron chi connectivity index (χ2n) is 4.08. The van der Waals surface area contributed by atoms with E-state index in [9.17, 15) is 4.79 Å². The molecule has 0 radical (unpaired) electrons. The zero-order valence-electron chi connectivity index (χ0n) is 11.1. The van der Waals surface area contributed by atoms with Gasteiger partial charge in [-0.05, 0) is 31.0 Å². The first-order chi connectivity index (χ1) is 8.71. The Morgan fingerprint density at radius 2 is 2.00 bits per heavy atom. The summed E-state index contributed by atoms with van der Waals surface area (Å²) in [4.78, 5) is 13.6. The predicted octanol–water partition coefficient (Wildman–Crippen LogP) is 1.82. The molecular weight excluding hydrogens is 230 g/mol. The van der Waals surface area contributed by atoms with E-state index >= 15 is 0 Å². The summed E-state index contributed by atoms with van der Waals surface area (Å²) in [5.74, 6) is 0.899. The number of benzene rings is 1. The molecule has 0 saturated heterocycles. The van der Waals surface area contributed by atoms with Crippen LogP contribution in [-0.2, 0) is 11.3 Å². The molecule has 0 heterocycles. The molecule has 0 aliphatic heterocycles. The number of carbonyl (C=O) groups is 1. The maximum Gasteiger partial charge on any atom is 0.222 e. The molecule has 100 valence electrons. The molecule has 0 aliphatic carbocycles. The first-order valence-corrected chi connectivity index (χ1v) is 6.22. The molecule has 0 spiro atoms. The number of rotatable bonds is 7. The van der Waals surface area contributed by atoms with Gasteiger partial charge in [0.15, 0.2) is 0 Å². The fourth-order valence-corrected chi connectivity index (χ4v) is 1.72. The van der Waals surface area contributed by atoms with Gasteiger partial charge in [-0.3, -0.25) is 4.79 Å². The van der Waals surface area contributed by atoms with Crippen molar-refractivity contribution in [3.8, 4) is 5.75 Å². The van der Waals surface area contributed by atoms with Gasteiger partial charge in [0.25, 0.3) is 0 Å². The monoisotopic (exact) mass is 251 g/mol. The fourth-order valence-electron chi connectivity index (χ4n) is 1.72. The molecule has 0 bridgehead atoms. The van der Waals surface area contributed by atoms with E-state index in [2.05, 4.69) is 0 Å². The zero-order chi connectivity index (χ0) is 13.4. The molecule has 1 amide bonds. The van der Waals surface area contributed by atoms with Gasteiger partial charge < -0.3 is 14.7 Å². The van der Waals surface area contributed by atoms with E-state index in [1.54, 1.807) is 12.0 Å². The molecule has 1 aromatic rings. The molecule has 4 heteroatoms. The van der Waals surface area contributed by atoms with Crippen LogP contribution in [0.2, 0.25) is 0 Å². The van der Waals surface area contributed by atoms with Gasteiger partial charge >= 0.3 is 0 Å². The number of ether oxygens (including phenoxy) is 1. The lowest BCUT2D eigenvalue weighted by Crippen LogP contribution is -2.30. The third kappa shape index (κ3) is 4.37. The van der Waals surface area contributed by atoms with E-state index in [1.807, 2.05) is 31.2 Å². The zero-order valence-corrected chi connectivity index (χ0v) is 11.1. The smallest absolute Gasteiger partial charge is 0.222 e. The lowest BCUT2D eigenvalue weighted by atomic mass is 10.2. The average Bonchev–Trinajstić information content (AvgIpc) is 2.42. The Hall–Kier alpha value is -1.55. The van der Waals surface area contributed by atoms with Gasteiger partial charge in [0, 0.05) is 26.1 Å². The van der Waals surface area contributed by atoms with Crippen LogP contribution in [0.5, 0.6) is 5.75 Å². The van der Waals surface area contributed by atoms with Crippen LogP contribution in [-0.4, -0.2) is 36.2 Å². The van der Waals surface area contributed by atoms with Crippen LogP contribution in [0.4, 0.5) is 0 Å². The van der Waals surface area contributed by atoms with Crippen molar-refractivity contribution < 1.29 is 14.6 Å². The molecule has 1 rings (SSSR count). The van der Waals surface area contributed by atoms with Crippen LogP contribution in [0.25, 0.3) is 0 Å². The van der Waals surface area contributed by atoms with Crippen LogP contribution in [0.15, 0.2) is 24.3 Å². The number of nitrogens with zero attached hydrogens (tertiary/aromatic N) is 1. The van der Waals surface area contributed by atoms with Crippen LogP contribution in [0.3, 0.4) is 0 Å². The van der Waals surface area contributed by atoms with Gasteiger partial charge in [-0.25, -0.2) is 0 Å². The topological polar surface area (TPSA) is 49.8 Å². The SMILES string of the molecule is CCN(Cc1ccc(OC)cc1)C(=O)CCCO. The highest BCUT2D eigenvalue weighted by Gasteiger charge is 2.11. The Kier molecular flexibility index (Phi) is 6.22. The second-order valence-corrected chi connectivity index (χ2v) is 4.08. The molecule has 0 aromatic heterocycles. The summed E-state index contributed by atoms with van der Waals surface area (Å²) in [6, 6.07) is 7.70. The largest absolute Gasteiger partial charge is 0.497 e. The number of aliphatic hydroxyl groups excluding tert-OH is 1. The van der Waals surface area contributed by atoms with E-state index in [4.69, 9.17) is 9.84 Å². The van der Waals surface area contributed by atoms with E-state index in [1.165, 1.54) is 0 Å². The van der Waals surface area contributed by atoms with Crippen LogP contribution < -0.4 is 4.74 Å². The number of carbonyl (C=O) groups excluding carboxylic acids is 1. The molecule has 0 unspecified atom stereocenters. The van der Waals surface area contributed by atoms with Crippen molar-refractivity contribution in [2.75, 3.05) is 20.3 Å². The quantitative estimate of drug-likeness (QED) is 0.804. The molecular formula is C14H21NO3. The predicted molar refractivity (Wildman–Crippen MR) is 70.4 cm³/mol. The van der Waals surface area contributed by atoms with Crippen molar-refractivity contribution in [3.63, 3.8) is 0 Å². The van der Waals surface area contributed by atoms with E-state index in [-0.39, 0.29) is 12.5 Å². The van der Waals surface area contributed by atoms with Crippen molar-refractivity contribution in [1.82, 2.24) is 4.90 Å². The van der Waals surface area contributed by atoms with Crippen molar-refractivity contribution in [2.24, 2.45) is 0 Å². The molecule has 1 aromatic carbocycles. The van der Waals surface area contributed by atoms with Gasteiger partial charge in [-0.15, -0.1) is 0 Å². The minimum absolute atomic E-state index is 0.0613. The second kappa shape index (κ2) is 7.71. The highest BCUT2D eigenvalue weighted by atomic mass is 16.5. The fraction of sp³-hybridized carbons (Fsp3) is 0.500. The molecule has 4 nitrogen and oxygen atoms in total. The summed E-state index contributed by atoms with van der Waals surface area (Å²) in [6.45, 7) is 3.30. The van der Waals surface area contributed by atoms with E-state index in [0.717, 1.165) is 11.3 Å². The lowest BCUT2D eigenvalue weighted by molar-refractivity contribution is -0.131. The van der Waals surface area contributed by atoms with Gasteiger partial charge in [-0.1, -0.05) is 12.1 Å². The Morgan fingerprint density at radius 1 is 1.33 bits per heavy atom. The summed E-state index contributed by atoms with van der Waals surface area (Å²) in [5.41, 5.74) is 1.08. The Morgan fingerprint density at radius 3 is 2.50 bits per heavy atom.